The van der Waals surface area contributed by atoms with Crippen LogP contribution in [0, 0.1) is 0 Å². The second kappa shape index (κ2) is 8.29. The van der Waals surface area contributed by atoms with Crippen molar-refractivity contribution < 1.29 is 4.42 Å². The minimum absolute atomic E-state index is 0.979. The summed E-state index contributed by atoms with van der Waals surface area (Å²) in [6.07, 6.45) is 1.79. The number of hydrogen-bond acceptors (Lipinski definition) is 2. The summed E-state index contributed by atoms with van der Waals surface area (Å²) in [7, 11) is 0. The van der Waals surface area contributed by atoms with Crippen LogP contribution in [0.25, 0.3) is 85.7 Å². The lowest BCUT2D eigenvalue weighted by Gasteiger charge is -2.18. The molecule has 0 amide bonds. The molecule has 0 saturated heterocycles. The average molecular weight is 527 g/mol. The summed E-state index contributed by atoms with van der Waals surface area (Å²) in [4.78, 5) is 0. The minimum atomic E-state index is 0.979. The zero-order valence-electron chi connectivity index (χ0n) is 21.5. The summed E-state index contributed by atoms with van der Waals surface area (Å²) in [6, 6.07) is 46.5. The Hall–Kier alpha value is -4.92. The Labute approximate surface area is 234 Å². The van der Waals surface area contributed by atoms with Crippen LogP contribution in [0.15, 0.2) is 138 Å². The molecule has 2 heteroatoms. The van der Waals surface area contributed by atoms with Crippen LogP contribution < -0.4 is 0 Å². The highest BCUT2D eigenvalue weighted by molar-refractivity contribution is 7.26. The first kappa shape index (κ1) is 22.0. The molecule has 1 nitrogen and oxygen atoms in total. The van der Waals surface area contributed by atoms with Crippen molar-refractivity contribution in [1.29, 1.82) is 0 Å². The molecule has 0 aliphatic rings. The molecule has 0 aliphatic carbocycles. The van der Waals surface area contributed by atoms with E-state index >= 15 is 0 Å². The maximum atomic E-state index is 5.92. The molecule has 0 N–H and O–H groups in total. The van der Waals surface area contributed by atoms with E-state index in [1.165, 1.54) is 74.7 Å². The summed E-state index contributed by atoms with van der Waals surface area (Å²) < 4.78 is 8.46. The van der Waals surface area contributed by atoms with Crippen LogP contribution in [0.2, 0.25) is 0 Å². The molecular weight excluding hydrogens is 504 g/mol. The number of benzene rings is 7. The highest BCUT2D eigenvalue weighted by Gasteiger charge is 2.19. The summed E-state index contributed by atoms with van der Waals surface area (Å²) in [5.41, 5.74) is 6.09. The fourth-order valence-corrected chi connectivity index (χ4v) is 7.76. The summed E-state index contributed by atoms with van der Waals surface area (Å²) >= 11 is 1.84. The third kappa shape index (κ3) is 3.03. The molecule has 0 radical (unpaired) electrons. The summed E-state index contributed by atoms with van der Waals surface area (Å²) in [6.45, 7) is 0. The maximum Gasteiger partial charge on any atom is 0.143 e. The van der Waals surface area contributed by atoms with Crippen LogP contribution >= 0.6 is 11.3 Å². The number of rotatable bonds is 2. The van der Waals surface area contributed by atoms with Gasteiger partial charge in [-0.15, -0.1) is 11.3 Å². The minimum Gasteiger partial charge on any atom is -0.464 e. The largest absolute Gasteiger partial charge is 0.464 e. The standard InChI is InChI=1S/C38H22OS/c1-2-10-26-23(8-1)9-7-15-27(26)36-30-13-5-3-11-28(30)35(29-12-4-6-14-31(29)36)25-16-18-32-34(22-25)40-33-19-17-24-20-21-39-38(24)37(32)33/h1-22H. The molecule has 40 heavy (non-hydrogen) atoms. The zero-order chi connectivity index (χ0) is 26.2. The molecule has 2 aromatic heterocycles. The molecule has 186 valence electrons. The second-order valence-corrected chi connectivity index (χ2v) is 11.5. The molecule has 0 bridgehead atoms. The van der Waals surface area contributed by atoms with Gasteiger partial charge in [0.25, 0.3) is 0 Å². The van der Waals surface area contributed by atoms with Crippen molar-refractivity contribution in [1.82, 2.24) is 0 Å². The van der Waals surface area contributed by atoms with E-state index in [0.29, 0.717) is 0 Å². The average Bonchev–Trinajstić information content (AvgIpc) is 3.63. The molecule has 0 atom stereocenters. The lowest BCUT2D eigenvalue weighted by molar-refractivity contribution is 0.619. The molecule has 9 aromatic rings. The number of fused-ring (bicyclic) bond motifs is 8. The van der Waals surface area contributed by atoms with Gasteiger partial charge >= 0.3 is 0 Å². The Balaban J connectivity index is 1.39. The van der Waals surface area contributed by atoms with E-state index < -0.39 is 0 Å². The fraction of sp³-hybridized carbons (Fsp3) is 0. The van der Waals surface area contributed by atoms with Gasteiger partial charge in [-0.1, -0.05) is 103 Å². The van der Waals surface area contributed by atoms with Crippen molar-refractivity contribution in [3.63, 3.8) is 0 Å². The lowest BCUT2D eigenvalue weighted by atomic mass is 9.84. The summed E-state index contributed by atoms with van der Waals surface area (Å²) in [5, 5.41) is 11.3. The molecule has 0 aliphatic heterocycles. The molecule has 0 saturated carbocycles. The molecule has 2 heterocycles. The third-order valence-corrected chi connectivity index (χ3v) is 9.45. The van der Waals surface area contributed by atoms with Crippen LogP contribution in [0.3, 0.4) is 0 Å². The monoisotopic (exact) mass is 526 g/mol. The number of furan rings is 1. The van der Waals surface area contributed by atoms with Crippen LogP contribution in [-0.2, 0) is 0 Å². The van der Waals surface area contributed by atoms with Crippen molar-refractivity contribution in [3.05, 3.63) is 134 Å². The van der Waals surface area contributed by atoms with Gasteiger partial charge in [0.2, 0.25) is 0 Å². The van der Waals surface area contributed by atoms with Gasteiger partial charge in [0.15, 0.2) is 0 Å². The number of hydrogen-bond donors (Lipinski definition) is 0. The van der Waals surface area contributed by atoms with E-state index in [4.69, 9.17) is 4.42 Å². The summed E-state index contributed by atoms with van der Waals surface area (Å²) in [5.74, 6) is 0. The third-order valence-electron chi connectivity index (χ3n) is 8.33. The molecule has 0 fully saturated rings. The first-order valence-corrected chi connectivity index (χ1v) is 14.4. The van der Waals surface area contributed by atoms with Gasteiger partial charge in [0.1, 0.15) is 5.58 Å². The Bertz CT molecular complexity index is 2380. The first-order chi connectivity index (χ1) is 19.8. The quantitative estimate of drug-likeness (QED) is 0.204. The van der Waals surface area contributed by atoms with Crippen LogP contribution in [0.1, 0.15) is 0 Å². The highest BCUT2D eigenvalue weighted by atomic mass is 32.1. The Morgan fingerprint density at radius 1 is 0.450 bits per heavy atom. The Morgan fingerprint density at radius 2 is 1.12 bits per heavy atom. The Morgan fingerprint density at radius 3 is 1.90 bits per heavy atom. The van der Waals surface area contributed by atoms with Gasteiger partial charge < -0.3 is 4.42 Å². The molecule has 0 unspecified atom stereocenters. The van der Waals surface area contributed by atoms with Crippen molar-refractivity contribution in [2.45, 2.75) is 0 Å². The van der Waals surface area contributed by atoms with Crippen molar-refractivity contribution >= 4 is 74.8 Å². The second-order valence-electron chi connectivity index (χ2n) is 10.5. The van der Waals surface area contributed by atoms with Crippen molar-refractivity contribution in [3.8, 4) is 22.3 Å². The first-order valence-electron chi connectivity index (χ1n) is 13.6. The van der Waals surface area contributed by atoms with Crippen LogP contribution in [-0.4, -0.2) is 0 Å². The van der Waals surface area contributed by atoms with Crippen molar-refractivity contribution in [2.75, 3.05) is 0 Å². The highest BCUT2D eigenvalue weighted by Crippen LogP contribution is 2.47. The van der Waals surface area contributed by atoms with E-state index in [2.05, 4.69) is 121 Å². The van der Waals surface area contributed by atoms with Gasteiger partial charge in [-0.25, -0.2) is 0 Å². The van der Waals surface area contributed by atoms with E-state index in [-0.39, 0.29) is 0 Å². The van der Waals surface area contributed by atoms with Gasteiger partial charge in [-0.05, 0) is 78.8 Å². The molecule has 9 rings (SSSR count). The lowest BCUT2D eigenvalue weighted by Crippen LogP contribution is -1.91. The molecular formula is C38H22OS. The SMILES string of the molecule is c1ccc2c(-c3c4ccccc4c(-c4ccc5c(c4)sc4ccc6ccoc6c45)c4ccccc34)cccc2c1. The topological polar surface area (TPSA) is 13.1 Å². The van der Waals surface area contributed by atoms with E-state index in [1.807, 2.05) is 17.4 Å². The van der Waals surface area contributed by atoms with Crippen LogP contribution in [0.5, 0.6) is 0 Å². The molecule has 0 spiro atoms. The van der Waals surface area contributed by atoms with Gasteiger partial charge in [-0.3, -0.25) is 0 Å². The maximum absolute atomic E-state index is 5.92. The Kier molecular flexibility index (Phi) is 4.55. The normalized spacial score (nSPS) is 12.0. The predicted molar refractivity (Wildman–Crippen MR) is 172 cm³/mol. The van der Waals surface area contributed by atoms with Crippen molar-refractivity contribution in [2.24, 2.45) is 0 Å². The van der Waals surface area contributed by atoms with Gasteiger partial charge in [0.05, 0.1) is 6.26 Å². The zero-order valence-corrected chi connectivity index (χ0v) is 22.3. The number of thiophene rings is 1. The van der Waals surface area contributed by atoms with E-state index in [1.54, 1.807) is 6.26 Å². The predicted octanol–water partition coefficient (Wildman–Crippen LogP) is 11.6. The van der Waals surface area contributed by atoms with Crippen LogP contribution in [0.4, 0.5) is 0 Å². The smallest absolute Gasteiger partial charge is 0.143 e. The van der Waals surface area contributed by atoms with Gasteiger partial charge in [0, 0.05) is 25.6 Å². The fourth-order valence-electron chi connectivity index (χ4n) is 6.61. The van der Waals surface area contributed by atoms with Gasteiger partial charge in [-0.2, -0.15) is 0 Å². The van der Waals surface area contributed by atoms with E-state index in [0.717, 1.165) is 11.0 Å². The van der Waals surface area contributed by atoms with E-state index in [9.17, 15) is 0 Å². The molecule has 7 aromatic carbocycles.